The Morgan fingerprint density at radius 2 is 1.44 bits per heavy atom. The van der Waals surface area contributed by atoms with E-state index in [1.807, 2.05) is 37.3 Å². The van der Waals surface area contributed by atoms with Gasteiger partial charge in [-0.2, -0.15) is 0 Å². The maximum atomic E-state index is 14.9. The summed E-state index contributed by atoms with van der Waals surface area (Å²) < 4.78 is 6.31. The smallest absolute Gasteiger partial charge is 0.307 e. The van der Waals surface area contributed by atoms with Crippen LogP contribution in [0.4, 0.5) is 0 Å². The summed E-state index contributed by atoms with van der Waals surface area (Å²) in [6.45, 7) is 2.29. The number of nitrogens with zero attached hydrogens (tertiary/aromatic N) is 1. The van der Waals surface area contributed by atoms with Crippen LogP contribution in [0, 0.1) is 29.6 Å². The molecular weight excluding hydrogens is 779 g/mol. The molecule has 3 unspecified atom stereocenters. The molecule has 13 heteroatoms. The molecule has 2 aliphatic carbocycles. The lowest BCUT2D eigenvalue weighted by Crippen LogP contribution is -2.47. The van der Waals surface area contributed by atoms with Crippen molar-refractivity contribution in [3.63, 3.8) is 0 Å². The predicted octanol–water partition coefficient (Wildman–Crippen LogP) is 6.25. The number of aliphatic carboxylic acids is 1. The standard InChI is InChI=1S/C48H63N3O10/c1-2-3-17-34(45(56)40(52)24-25-43(55)50-44(46(49)57)33-20-11-6-12-21-33)26-42(54)39-27-35(61-30-31-15-7-4-8-16-31)29-51(39)47(58)38(32-18-9-5-10-19-32)28-41(53)36-22-13-14-23-37(36)48(59)60/h4,6-8,11-12,15-16,20-21,32,34-39,44H,2-3,5,9-10,13-14,17-19,22-30H2,1H3,(H2,49,57)(H,50,55)(H,59,60)/t34?,35-,36-,37-,38?,39+,44?/m1/s1. The number of unbranched alkanes of at least 4 members (excludes halogenated alkanes) is 1. The summed E-state index contributed by atoms with van der Waals surface area (Å²) in [5.41, 5.74) is 6.93. The van der Waals surface area contributed by atoms with Crippen LogP contribution in [-0.2, 0) is 49.7 Å². The number of likely N-dealkylation sites (tertiary alicyclic amines) is 1. The summed E-state index contributed by atoms with van der Waals surface area (Å²) in [5.74, 6) is -8.12. The fourth-order valence-corrected chi connectivity index (χ4v) is 9.57. The van der Waals surface area contributed by atoms with Gasteiger partial charge in [-0.3, -0.25) is 38.4 Å². The van der Waals surface area contributed by atoms with E-state index in [-0.39, 0.29) is 68.6 Å². The van der Waals surface area contributed by atoms with Gasteiger partial charge in [-0.1, -0.05) is 113 Å². The summed E-state index contributed by atoms with van der Waals surface area (Å²) in [7, 11) is 0. The SMILES string of the molecule is CCCCC(CC(=O)[C@@H]1C[C@@H](OCc2ccccc2)CN1C(=O)C(CC(=O)[C@@H]1CCCC[C@H]1C(=O)O)C1CCCCC1)C(=O)C(=O)CCC(=O)NC(C(N)=O)c1ccccc1. The molecule has 3 amide bonds. The van der Waals surface area contributed by atoms with E-state index in [4.69, 9.17) is 10.5 Å². The molecule has 7 atom stereocenters. The van der Waals surface area contributed by atoms with E-state index in [2.05, 4.69) is 5.32 Å². The Labute approximate surface area is 358 Å². The third kappa shape index (κ3) is 13.2. The van der Waals surface area contributed by atoms with Gasteiger partial charge in [0.2, 0.25) is 23.5 Å². The summed E-state index contributed by atoms with van der Waals surface area (Å²) >= 11 is 0. The zero-order chi connectivity index (χ0) is 43.9. The molecule has 13 nitrogen and oxygen atoms in total. The van der Waals surface area contributed by atoms with Crippen molar-refractivity contribution < 1.29 is 48.2 Å². The number of carboxylic acids is 1. The zero-order valence-electron chi connectivity index (χ0n) is 35.5. The molecule has 0 bridgehead atoms. The molecule has 0 aromatic heterocycles. The lowest BCUT2D eigenvalue weighted by molar-refractivity contribution is -0.150. The van der Waals surface area contributed by atoms with Gasteiger partial charge in [-0.15, -0.1) is 0 Å². The number of carbonyl (C=O) groups excluding carboxylic acids is 7. The van der Waals surface area contributed by atoms with Crippen LogP contribution in [0.5, 0.6) is 0 Å². The minimum Gasteiger partial charge on any atom is -0.481 e. The first kappa shape index (κ1) is 47.0. The second-order valence-corrected chi connectivity index (χ2v) is 17.3. The van der Waals surface area contributed by atoms with Crippen LogP contribution in [0.25, 0.3) is 0 Å². The van der Waals surface area contributed by atoms with Gasteiger partial charge in [0, 0.05) is 56.4 Å². The van der Waals surface area contributed by atoms with E-state index in [0.29, 0.717) is 31.2 Å². The van der Waals surface area contributed by atoms with E-state index in [0.717, 1.165) is 50.5 Å². The molecule has 4 N–H and O–H groups in total. The minimum absolute atomic E-state index is 0.0872. The number of Topliss-reactive ketones (excluding diaryl/α,β-unsaturated/α-hetero) is 4. The second kappa shape index (κ2) is 23.3. The third-order valence-electron chi connectivity index (χ3n) is 13.0. The Bertz CT molecular complexity index is 1850. The van der Waals surface area contributed by atoms with Crippen LogP contribution >= 0.6 is 0 Å². The van der Waals surface area contributed by atoms with Crippen LogP contribution < -0.4 is 11.1 Å². The molecule has 2 saturated carbocycles. The Morgan fingerprint density at radius 3 is 2.08 bits per heavy atom. The topological polar surface area (TPSA) is 207 Å². The number of hydrogen-bond acceptors (Lipinski definition) is 9. The molecule has 2 aromatic carbocycles. The first-order valence-corrected chi connectivity index (χ1v) is 22.3. The number of carbonyl (C=O) groups is 8. The number of carboxylic acid groups (broad SMARTS) is 1. The number of rotatable bonds is 23. The number of nitrogens with two attached hydrogens (primary N) is 1. The van der Waals surface area contributed by atoms with Crippen molar-refractivity contribution in [3.8, 4) is 0 Å². The molecule has 330 valence electrons. The highest BCUT2D eigenvalue weighted by Crippen LogP contribution is 2.39. The Hall–Kier alpha value is -5.04. The summed E-state index contributed by atoms with van der Waals surface area (Å²) in [6.07, 6.45) is 6.75. The minimum atomic E-state index is -1.11. The zero-order valence-corrected chi connectivity index (χ0v) is 35.5. The van der Waals surface area contributed by atoms with Gasteiger partial charge in [0.1, 0.15) is 11.8 Å². The van der Waals surface area contributed by atoms with Crippen molar-refractivity contribution in [2.45, 2.75) is 141 Å². The number of ether oxygens (including phenoxy) is 1. The van der Waals surface area contributed by atoms with E-state index in [1.165, 1.54) is 4.90 Å². The monoisotopic (exact) mass is 841 g/mol. The molecule has 1 saturated heterocycles. The van der Waals surface area contributed by atoms with Crippen molar-refractivity contribution in [2.24, 2.45) is 35.3 Å². The van der Waals surface area contributed by atoms with Gasteiger partial charge in [0.05, 0.1) is 24.7 Å². The number of primary amides is 1. The van der Waals surface area contributed by atoms with E-state index in [9.17, 15) is 43.5 Å². The highest BCUT2D eigenvalue weighted by Gasteiger charge is 2.46. The van der Waals surface area contributed by atoms with Crippen molar-refractivity contribution in [1.29, 1.82) is 0 Å². The quantitative estimate of drug-likeness (QED) is 0.107. The lowest BCUT2D eigenvalue weighted by atomic mass is 9.71. The molecule has 5 rings (SSSR count). The summed E-state index contributed by atoms with van der Waals surface area (Å²) in [5, 5.41) is 12.5. The average Bonchev–Trinajstić information content (AvgIpc) is 3.72. The van der Waals surface area contributed by atoms with Crippen molar-refractivity contribution in [2.75, 3.05) is 6.54 Å². The summed E-state index contributed by atoms with van der Waals surface area (Å²) in [6, 6.07) is 15.9. The molecule has 2 aromatic rings. The molecule has 3 aliphatic rings. The van der Waals surface area contributed by atoms with Crippen molar-refractivity contribution in [1.82, 2.24) is 10.2 Å². The lowest BCUT2D eigenvalue weighted by Gasteiger charge is -2.35. The van der Waals surface area contributed by atoms with Gasteiger partial charge >= 0.3 is 5.97 Å². The highest BCUT2D eigenvalue weighted by molar-refractivity contribution is 6.38. The predicted molar refractivity (Wildman–Crippen MR) is 226 cm³/mol. The first-order chi connectivity index (χ1) is 29.4. The number of ketones is 4. The van der Waals surface area contributed by atoms with E-state index < -0.39 is 77.6 Å². The van der Waals surface area contributed by atoms with E-state index in [1.54, 1.807) is 30.3 Å². The fraction of sp³-hybridized carbons (Fsp3) is 0.583. The van der Waals surface area contributed by atoms with Crippen LogP contribution in [0.2, 0.25) is 0 Å². The van der Waals surface area contributed by atoms with Gasteiger partial charge in [-0.05, 0) is 49.1 Å². The maximum Gasteiger partial charge on any atom is 0.307 e. The second-order valence-electron chi connectivity index (χ2n) is 17.3. The summed E-state index contributed by atoms with van der Waals surface area (Å²) in [4.78, 5) is 109. The average molecular weight is 842 g/mol. The van der Waals surface area contributed by atoms with Crippen molar-refractivity contribution >= 4 is 46.8 Å². The van der Waals surface area contributed by atoms with Crippen LogP contribution in [0.1, 0.15) is 133 Å². The fourth-order valence-electron chi connectivity index (χ4n) is 9.57. The largest absolute Gasteiger partial charge is 0.481 e. The number of benzene rings is 2. The van der Waals surface area contributed by atoms with Crippen LogP contribution in [-0.4, -0.2) is 75.5 Å². The molecule has 0 radical (unpaired) electrons. The Morgan fingerprint density at radius 1 is 0.803 bits per heavy atom. The normalized spacial score (nSPS) is 22.1. The third-order valence-corrected chi connectivity index (χ3v) is 13.0. The molecule has 0 spiro atoms. The van der Waals surface area contributed by atoms with Crippen LogP contribution in [0.3, 0.4) is 0 Å². The molecule has 1 heterocycles. The van der Waals surface area contributed by atoms with E-state index >= 15 is 0 Å². The highest BCUT2D eigenvalue weighted by atomic mass is 16.5. The number of amides is 3. The molecule has 3 fully saturated rings. The maximum absolute atomic E-state index is 14.9. The number of hydrogen-bond donors (Lipinski definition) is 3. The molecular formula is C48H63N3O10. The Kier molecular flexibility index (Phi) is 17.9. The molecule has 1 aliphatic heterocycles. The van der Waals surface area contributed by atoms with Crippen molar-refractivity contribution in [3.05, 3.63) is 71.8 Å². The Balaban J connectivity index is 1.33. The van der Waals surface area contributed by atoms with Gasteiger partial charge in [-0.25, -0.2) is 0 Å². The number of nitrogens with one attached hydrogen (secondary N) is 1. The molecule has 61 heavy (non-hydrogen) atoms. The van der Waals surface area contributed by atoms with Gasteiger partial charge in [0.25, 0.3) is 0 Å². The van der Waals surface area contributed by atoms with Gasteiger partial charge < -0.3 is 25.8 Å². The van der Waals surface area contributed by atoms with Gasteiger partial charge in [0.15, 0.2) is 11.6 Å². The van der Waals surface area contributed by atoms with Crippen LogP contribution in [0.15, 0.2) is 60.7 Å². The first-order valence-electron chi connectivity index (χ1n) is 22.3.